The summed E-state index contributed by atoms with van der Waals surface area (Å²) in [5.41, 5.74) is 11.7. The number of carboxylic acid groups (broad SMARTS) is 1. The molecule has 3 amide bonds. The van der Waals surface area contributed by atoms with Crippen LogP contribution in [0.15, 0.2) is 30.6 Å². The molecule has 16 heteroatoms. The molecule has 0 radical (unpaired) electrons. The first-order valence-electron chi connectivity index (χ1n) is 15.1. The van der Waals surface area contributed by atoms with Gasteiger partial charge in [0.25, 0.3) is 17.7 Å². The van der Waals surface area contributed by atoms with Crippen molar-refractivity contribution in [3.8, 4) is 5.75 Å². The highest BCUT2D eigenvalue weighted by Crippen LogP contribution is 2.58. The molecule has 7 rings (SSSR count). The fourth-order valence-electron chi connectivity index (χ4n) is 6.43. The summed E-state index contributed by atoms with van der Waals surface area (Å²) in [7, 11) is 0. The molecule has 2 aromatic heterocycles. The van der Waals surface area contributed by atoms with Gasteiger partial charge in [0, 0.05) is 18.7 Å². The van der Waals surface area contributed by atoms with Crippen LogP contribution in [0.25, 0.3) is 5.65 Å². The van der Waals surface area contributed by atoms with Crippen LogP contribution < -0.4 is 26.8 Å². The Morgan fingerprint density at radius 2 is 1.81 bits per heavy atom. The zero-order valence-electron chi connectivity index (χ0n) is 26.0. The molecule has 3 heterocycles. The molecule has 15 nitrogen and oxygen atoms in total. The highest BCUT2D eigenvalue weighted by Gasteiger charge is 2.54. The molecule has 3 saturated carbocycles. The number of anilines is 1. The van der Waals surface area contributed by atoms with Crippen LogP contribution in [0.2, 0.25) is 0 Å². The summed E-state index contributed by atoms with van der Waals surface area (Å²) < 4.78 is 11.6. The van der Waals surface area contributed by atoms with Crippen molar-refractivity contribution >= 4 is 53.4 Å². The Labute approximate surface area is 283 Å². The zero-order chi connectivity index (χ0) is 33.2. The molecule has 3 fully saturated rings. The summed E-state index contributed by atoms with van der Waals surface area (Å²) in [5.74, 6) is -2.65. The molecule has 3 aromatic rings. The Balaban J connectivity index is 0.000000296. The molecule has 2 bridgehead atoms. The first-order valence-corrected chi connectivity index (χ1v) is 15.1. The number of aromatic nitrogens is 3. The van der Waals surface area contributed by atoms with Crippen molar-refractivity contribution in [3.63, 3.8) is 0 Å². The summed E-state index contributed by atoms with van der Waals surface area (Å²) in [4.78, 5) is 66.9. The highest BCUT2D eigenvalue weighted by atomic mass is 35.5. The zero-order valence-corrected chi connectivity index (χ0v) is 26.9. The molecule has 48 heavy (non-hydrogen) atoms. The van der Waals surface area contributed by atoms with Gasteiger partial charge in [0.05, 0.1) is 17.7 Å². The third kappa shape index (κ3) is 7.36. The lowest BCUT2D eigenvalue weighted by Crippen LogP contribution is -2.52. The van der Waals surface area contributed by atoms with E-state index in [1.165, 1.54) is 0 Å². The van der Waals surface area contributed by atoms with Gasteiger partial charge in [-0.25, -0.2) is 14.8 Å². The first kappa shape index (κ1) is 37.7. The maximum absolute atomic E-state index is 12.6. The summed E-state index contributed by atoms with van der Waals surface area (Å²) in [6.45, 7) is 4.50. The van der Waals surface area contributed by atoms with E-state index in [4.69, 9.17) is 20.9 Å². The highest BCUT2D eigenvalue weighted by molar-refractivity contribution is 6.00. The number of amides is 3. The lowest BCUT2D eigenvalue weighted by Gasteiger charge is -2.53. The average Bonchev–Trinajstić information content (AvgIpc) is 3.48. The molecule has 0 saturated heterocycles. The van der Waals surface area contributed by atoms with E-state index >= 15 is 0 Å². The number of benzene rings is 1. The van der Waals surface area contributed by atoms with Crippen molar-refractivity contribution in [2.45, 2.75) is 72.4 Å². The number of rotatable bonds is 8. The monoisotopic (exact) mass is 687 g/mol. The number of hydrogen-bond donors (Lipinski definition) is 5. The quantitative estimate of drug-likeness (QED) is 0.216. The SMILES string of the molecule is C.CCOC(=O)C12CCC(C(C)N)(CC1)CC2.Cl.NC(=O)c1ncn2c(C(=O)O)cc(C(=O)NCc3ccc4c(c3)NC(=O)CO4)nc12. The van der Waals surface area contributed by atoms with E-state index in [2.05, 4.69) is 27.5 Å². The Bertz CT molecular complexity index is 1700. The third-order valence-corrected chi connectivity index (χ3v) is 9.30. The van der Waals surface area contributed by atoms with Gasteiger partial charge < -0.3 is 36.7 Å². The number of ether oxygens (including phenoxy) is 2. The van der Waals surface area contributed by atoms with Gasteiger partial charge in [-0.3, -0.25) is 23.6 Å². The minimum Gasteiger partial charge on any atom is -0.482 e. The van der Waals surface area contributed by atoms with Crippen LogP contribution in [0.3, 0.4) is 0 Å². The molecule has 1 aromatic carbocycles. The molecular formula is C32H42ClN7O8. The molecule has 7 N–H and O–H groups in total. The predicted octanol–water partition coefficient (Wildman–Crippen LogP) is 3.08. The Morgan fingerprint density at radius 1 is 1.15 bits per heavy atom. The summed E-state index contributed by atoms with van der Waals surface area (Å²) in [6.07, 6.45) is 7.33. The van der Waals surface area contributed by atoms with Crippen LogP contribution >= 0.6 is 12.4 Å². The van der Waals surface area contributed by atoms with Gasteiger partial charge >= 0.3 is 11.9 Å². The summed E-state index contributed by atoms with van der Waals surface area (Å²) in [5, 5.41) is 14.7. The van der Waals surface area contributed by atoms with E-state index in [1.54, 1.807) is 18.2 Å². The number of halogens is 1. The maximum atomic E-state index is 12.6. The molecule has 260 valence electrons. The number of hydrogen-bond acceptors (Lipinski definition) is 10. The molecule has 1 aliphatic heterocycles. The number of fused-ring (bicyclic) bond motifs is 5. The fraction of sp³-hybridized carbons (Fsp3) is 0.469. The minimum atomic E-state index is -1.34. The van der Waals surface area contributed by atoms with Crippen molar-refractivity contribution < 1.29 is 38.6 Å². The third-order valence-electron chi connectivity index (χ3n) is 9.30. The van der Waals surface area contributed by atoms with Crippen molar-refractivity contribution in [2.75, 3.05) is 18.5 Å². The Kier molecular flexibility index (Phi) is 11.8. The normalized spacial score (nSPS) is 21.0. The van der Waals surface area contributed by atoms with Gasteiger partial charge in [0.15, 0.2) is 17.9 Å². The smallest absolute Gasteiger partial charge is 0.353 e. The van der Waals surface area contributed by atoms with Gasteiger partial charge in [-0.15, -0.1) is 12.4 Å². The van der Waals surface area contributed by atoms with Crippen LogP contribution in [0.4, 0.5) is 5.69 Å². The van der Waals surface area contributed by atoms with Crippen LogP contribution in [0.5, 0.6) is 5.75 Å². The van der Waals surface area contributed by atoms with Crippen molar-refractivity contribution in [2.24, 2.45) is 22.3 Å². The van der Waals surface area contributed by atoms with E-state index in [1.807, 2.05) is 6.92 Å². The van der Waals surface area contributed by atoms with Gasteiger partial charge in [0.1, 0.15) is 23.5 Å². The Morgan fingerprint density at radius 3 is 2.40 bits per heavy atom. The van der Waals surface area contributed by atoms with Crippen molar-refractivity contribution in [3.05, 3.63) is 53.2 Å². The standard InChI is InChI=1S/C18H14N6O6.C13H23NO2.CH4.ClH/c19-15(26)14-16-23-10(4-11(18(28)29)24(16)7-21-14)17(27)20-5-8-1-2-12-9(3-8)22-13(25)6-30-12;1-3-16-11(15)13-7-4-12(5-8-13,6-9-13)10(2)14;;/h1-4,7H,5-6H2,(H2,19,26)(H,20,27)(H,22,25)(H,28,29);10H,3-9,14H2,1-2H3;1H4;1H. The Hall–Kier alpha value is -4.76. The first-order chi connectivity index (χ1) is 21.9. The second-order valence-electron chi connectivity index (χ2n) is 12.0. The van der Waals surface area contributed by atoms with Crippen LogP contribution in [-0.2, 0) is 20.9 Å². The van der Waals surface area contributed by atoms with E-state index in [0.717, 1.165) is 55.3 Å². The van der Waals surface area contributed by atoms with E-state index in [9.17, 15) is 29.1 Å². The number of carbonyl (C=O) groups is 5. The van der Waals surface area contributed by atoms with Crippen LogP contribution in [0, 0.1) is 10.8 Å². The largest absolute Gasteiger partial charge is 0.482 e. The average molecular weight is 688 g/mol. The van der Waals surface area contributed by atoms with Crippen LogP contribution in [0.1, 0.15) is 96.8 Å². The second-order valence-corrected chi connectivity index (χ2v) is 12.0. The fourth-order valence-corrected chi connectivity index (χ4v) is 6.43. The van der Waals surface area contributed by atoms with Crippen LogP contribution in [-0.4, -0.2) is 68.4 Å². The molecule has 1 atom stereocenters. The number of nitrogens with zero attached hydrogens (tertiary/aromatic N) is 3. The topological polar surface area (TPSA) is 230 Å². The predicted molar refractivity (Wildman–Crippen MR) is 177 cm³/mol. The number of imidazole rings is 1. The van der Waals surface area contributed by atoms with Gasteiger partial charge in [-0.2, -0.15) is 0 Å². The second kappa shape index (κ2) is 15.0. The van der Waals surface area contributed by atoms with Gasteiger partial charge in [0.2, 0.25) is 0 Å². The number of nitrogens with two attached hydrogens (primary N) is 2. The molecule has 3 aliphatic carbocycles. The van der Waals surface area contributed by atoms with E-state index in [0.29, 0.717) is 29.0 Å². The number of carboxylic acids is 1. The summed E-state index contributed by atoms with van der Waals surface area (Å²) >= 11 is 0. The molecule has 1 unspecified atom stereocenters. The van der Waals surface area contributed by atoms with E-state index < -0.39 is 17.8 Å². The molecule has 4 aliphatic rings. The number of primary amides is 1. The molecular weight excluding hydrogens is 646 g/mol. The summed E-state index contributed by atoms with van der Waals surface area (Å²) in [6, 6.07) is 6.34. The number of aromatic carboxylic acids is 1. The lowest BCUT2D eigenvalue weighted by atomic mass is 9.52. The van der Waals surface area contributed by atoms with E-state index in [-0.39, 0.29) is 79.0 Å². The maximum Gasteiger partial charge on any atom is 0.353 e. The van der Waals surface area contributed by atoms with Gasteiger partial charge in [-0.1, -0.05) is 13.5 Å². The molecule has 0 spiro atoms. The number of nitrogens with one attached hydrogen (secondary N) is 2. The van der Waals surface area contributed by atoms with Crippen molar-refractivity contribution in [1.82, 2.24) is 19.7 Å². The minimum absolute atomic E-state index is 0. The number of carbonyl (C=O) groups excluding carboxylic acids is 4. The number of esters is 1. The van der Waals surface area contributed by atoms with Gasteiger partial charge in [-0.05, 0) is 75.5 Å². The van der Waals surface area contributed by atoms with Crippen molar-refractivity contribution in [1.29, 1.82) is 0 Å². The lowest BCUT2D eigenvalue weighted by molar-refractivity contribution is -0.166.